The Morgan fingerprint density at radius 1 is 1.38 bits per heavy atom. The van der Waals surface area contributed by atoms with Gasteiger partial charge in [0.1, 0.15) is 5.82 Å². The van der Waals surface area contributed by atoms with E-state index in [0.29, 0.717) is 6.04 Å². The van der Waals surface area contributed by atoms with E-state index in [1.807, 2.05) is 17.5 Å². The summed E-state index contributed by atoms with van der Waals surface area (Å²) in [7, 11) is 0. The average Bonchev–Trinajstić information content (AvgIpc) is 3.09. The molecule has 0 spiro atoms. The molecule has 2 unspecified atom stereocenters. The highest BCUT2D eigenvalue weighted by molar-refractivity contribution is 7.12. The molecule has 0 saturated carbocycles. The first-order valence-corrected chi connectivity index (χ1v) is 9.61. The zero-order valence-corrected chi connectivity index (χ0v) is 15.6. The lowest BCUT2D eigenvalue weighted by molar-refractivity contribution is 0.0529. The zero-order chi connectivity index (χ0) is 16.9. The zero-order valence-electron chi connectivity index (χ0n) is 14.8. The molecular weight excluding hydrogens is 318 g/mol. The van der Waals surface area contributed by atoms with E-state index in [1.54, 1.807) is 0 Å². The second-order valence-electron chi connectivity index (χ2n) is 6.41. The number of nitrogens with zero attached hydrogens (tertiary/aromatic N) is 2. The van der Waals surface area contributed by atoms with Crippen molar-refractivity contribution >= 4 is 17.2 Å². The van der Waals surface area contributed by atoms with Crippen molar-refractivity contribution in [3.63, 3.8) is 0 Å². The maximum Gasteiger partial charge on any atom is 0.128 e. The molecular formula is C19H27N3OS. The average molecular weight is 346 g/mol. The van der Waals surface area contributed by atoms with Crippen LogP contribution in [0.3, 0.4) is 0 Å². The van der Waals surface area contributed by atoms with E-state index < -0.39 is 0 Å². The molecule has 0 aliphatic carbocycles. The molecule has 2 aromatic heterocycles. The van der Waals surface area contributed by atoms with E-state index in [1.165, 1.54) is 15.3 Å². The maximum atomic E-state index is 5.59. The second-order valence-corrected chi connectivity index (χ2v) is 7.61. The molecule has 0 aromatic carbocycles. The Morgan fingerprint density at radius 2 is 2.25 bits per heavy atom. The molecule has 4 nitrogen and oxygen atoms in total. The normalized spacial score (nSPS) is 19.5. The van der Waals surface area contributed by atoms with E-state index in [9.17, 15) is 0 Å². The number of morpholine rings is 1. The Bertz CT molecular complexity index is 640. The maximum absolute atomic E-state index is 5.59. The van der Waals surface area contributed by atoms with Gasteiger partial charge in [0, 0.05) is 41.6 Å². The molecule has 0 radical (unpaired) electrons. The molecule has 1 aliphatic heterocycles. The van der Waals surface area contributed by atoms with Gasteiger partial charge in [0.25, 0.3) is 0 Å². The van der Waals surface area contributed by atoms with E-state index in [2.05, 4.69) is 60.2 Å². The number of thiophene rings is 1. The minimum Gasteiger partial charge on any atom is -0.375 e. The molecule has 130 valence electrons. The molecule has 3 heterocycles. The lowest BCUT2D eigenvalue weighted by Gasteiger charge is -2.32. The molecule has 1 N–H and O–H groups in total. The van der Waals surface area contributed by atoms with Gasteiger partial charge in [-0.15, -0.1) is 11.3 Å². The Hall–Kier alpha value is -1.43. The van der Waals surface area contributed by atoms with E-state index in [4.69, 9.17) is 4.74 Å². The van der Waals surface area contributed by atoms with Crippen molar-refractivity contribution in [3.8, 4) is 0 Å². The van der Waals surface area contributed by atoms with Gasteiger partial charge in [-0.3, -0.25) is 0 Å². The van der Waals surface area contributed by atoms with Crippen LogP contribution in [0.4, 0.5) is 5.82 Å². The number of pyridine rings is 1. The first-order chi connectivity index (χ1) is 11.7. The van der Waals surface area contributed by atoms with Gasteiger partial charge in [-0.2, -0.15) is 0 Å². The summed E-state index contributed by atoms with van der Waals surface area (Å²) in [5, 5.41) is 3.60. The molecule has 24 heavy (non-hydrogen) atoms. The number of ether oxygens (including phenoxy) is 1. The van der Waals surface area contributed by atoms with Gasteiger partial charge in [-0.25, -0.2) is 4.98 Å². The largest absolute Gasteiger partial charge is 0.375 e. The SMILES string of the molecule is CCc1ccc(C(C)NCc2ccc(N3CCOC(C)C3)nc2)s1. The van der Waals surface area contributed by atoms with Crippen molar-refractivity contribution in [1.82, 2.24) is 10.3 Å². The van der Waals surface area contributed by atoms with Crippen LogP contribution in [0.1, 0.15) is 42.1 Å². The van der Waals surface area contributed by atoms with Crippen molar-refractivity contribution < 1.29 is 4.74 Å². The fraction of sp³-hybridized carbons (Fsp3) is 0.526. The summed E-state index contributed by atoms with van der Waals surface area (Å²) in [6.45, 7) is 10.0. The van der Waals surface area contributed by atoms with Crippen molar-refractivity contribution in [3.05, 3.63) is 45.8 Å². The van der Waals surface area contributed by atoms with Gasteiger partial charge in [0.15, 0.2) is 0 Å². The van der Waals surface area contributed by atoms with E-state index >= 15 is 0 Å². The number of rotatable bonds is 6. The minimum absolute atomic E-state index is 0.279. The number of nitrogens with one attached hydrogen (secondary N) is 1. The molecule has 0 bridgehead atoms. The minimum atomic E-state index is 0.279. The summed E-state index contributed by atoms with van der Waals surface area (Å²) >= 11 is 1.90. The number of aromatic nitrogens is 1. The van der Waals surface area contributed by atoms with Crippen LogP contribution < -0.4 is 10.2 Å². The lowest BCUT2D eigenvalue weighted by Crippen LogP contribution is -2.41. The molecule has 0 amide bonds. The number of anilines is 1. The topological polar surface area (TPSA) is 37.4 Å². The van der Waals surface area contributed by atoms with Gasteiger partial charge >= 0.3 is 0 Å². The smallest absolute Gasteiger partial charge is 0.128 e. The third kappa shape index (κ3) is 4.35. The van der Waals surface area contributed by atoms with Gasteiger partial charge in [0.2, 0.25) is 0 Å². The second kappa shape index (κ2) is 8.10. The van der Waals surface area contributed by atoms with Gasteiger partial charge in [-0.1, -0.05) is 13.0 Å². The molecule has 1 aliphatic rings. The van der Waals surface area contributed by atoms with E-state index in [-0.39, 0.29) is 6.10 Å². The number of aryl methyl sites for hydroxylation is 1. The Labute approximate surface area is 148 Å². The van der Waals surface area contributed by atoms with Crippen LogP contribution in [0, 0.1) is 0 Å². The molecule has 1 fully saturated rings. The van der Waals surface area contributed by atoms with Crippen molar-refractivity contribution in [1.29, 1.82) is 0 Å². The fourth-order valence-corrected chi connectivity index (χ4v) is 3.90. The molecule has 5 heteroatoms. The third-order valence-corrected chi connectivity index (χ3v) is 5.86. The number of hydrogen-bond acceptors (Lipinski definition) is 5. The van der Waals surface area contributed by atoms with Gasteiger partial charge in [0.05, 0.1) is 12.7 Å². The van der Waals surface area contributed by atoms with Gasteiger partial charge < -0.3 is 15.0 Å². The summed E-state index contributed by atoms with van der Waals surface area (Å²) in [6.07, 6.45) is 3.38. The van der Waals surface area contributed by atoms with Crippen LogP contribution in [-0.2, 0) is 17.7 Å². The summed E-state index contributed by atoms with van der Waals surface area (Å²) in [5.41, 5.74) is 1.22. The van der Waals surface area contributed by atoms with Crippen LogP contribution in [0.25, 0.3) is 0 Å². The Balaban J connectivity index is 1.54. The molecule has 3 rings (SSSR count). The van der Waals surface area contributed by atoms with Crippen LogP contribution in [0.5, 0.6) is 0 Å². The van der Waals surface area contributed by atoms with Crippen molar-refractivity contribution in [2.45, 2.75) is 45.9 Å². The Kier molecular flexibility index (Phi) is 5.87. The summed E-state index contributed by atoms with van der Waals surface area (Å²) in [6, 6.07) is 9.14. The van der Waals surface area contributed by atoms with Crippen LogP contribution in [0.2, 0.25) is 0 Å². The fourth-order valence-electron chi connectivity index (χ4n) is 2.92. The highest BCUT2D eigenvalue weighted by atomic mass is 32.1. The lowest BCUT2D eigenvalue weighted by atomic mass is 10.2. The third-order valence-electron chi connectivity index (χ3n) is 4.44. The highest BCUT2D eigenvalue weighted by Gasteiger charge is 2.17. The molecule has 1 saturated heterocycles. The predicted molar refractivity (Wildman–Crippen MR) is 101 cm³/mol. The quantitative estimate of drug-likeness (QED) is 0.864. The van der Waals surface area contributed by atoms with Crippen molar-refractivity contribution in [2.75, 3.05) is 24.6 Å². The highest BCUT2D eigenvalue weighted by Crippen LogP contribution is 2.24. The standard InChI is InChI=1S/C19H27N3OS/c1-4-17-6-7-18(24-17)15(3)20-11-16-5-8-19(21-12-16)22-9-10-23-14(2)13-22/h5-8,12,14-15,20H,4,9-11,13H2,1-3H3. The van der Waals surface area contributed by atoms with Crippen LogP contribution in [0.15, 0.2) is 30.5 Å². The summed E-state index contributed by atoms with van der Waals surface area (Å²) < 4.78 is 5.59. The van der Waals surface area contributed by atoms with Crippen molar-refractivity contribution in [2.24, 2.45) is 0 Å². The first kappa shape index (κ1) is 17.4. The summed E-state index contributed by atoms with van der Waals surface area (Å²) in [4.78, 5) is 9.79. The monoisotopic (exact) mass is 345 g/mol. The van der Waals surface area contributed by atoms with E-state index in [0.717, 1.165) is 38.5 Å². The van der Waals surface area contributed by atoms with Gasteiger partial charge in [-0.05, 0) is 44.0 Å². The number of hydrogen-bond donors (Lipinski definition) is 1. The predicted octanol–water partition coefficient (Wildman–Crippen LogP) is 3.78. The summed E-state index contributed by atoms with van der Waals surface area (Å²) in [5.74, 6) is 1.05. The Morgan fingerprint density at radius 3 is 2.92 bits per heavy atom. The van der Waals surface area contributed by atoms with Crippen LogP contribution >= 0.6 is 11.3 Å². The first-order valence-electron chi connectivity index (χ1n) is 8.79. The molecule has 2 atom stereocenters. The van der Waals surface area contributed by atoms with Crippen LogP contribution in [-0.4, -0.2) is 30.8 Å². The molecule has 2 aromatic rings.